The molecule has 1 fully saturated rings. The van der Waals surface area contributed by atoms with E-state index >= 15 is 0 Å². The third kappa shape index (κ3) is 3.14. The number of aromatic nitrogens is 2. The monoisotopic (exact) mass is 249 g/mol. The summed E-state index contributed by atoms with van der Waals surface area (Å²) in [4.78, 5) is 4.39. The van der Waals surface area contributed by atoms with Crippen LogP contribution in [0.5, 0.6) is 0 Å². The molecule has 0 amide bonds. The Labute approximate surface area is 111 Å². The molecule has 0 unspecified atom stereocenters. The smallest absolute Gasteiger partial charge is 0.0948 e. The van der Waals surface area contributed by atoms with Gasteiger partial charge >= 0.3 is 0 Å². The summed E-state index contributed by atoms with van der Waals surface area (Å²) in [6.07, 6.45) is 7.72. The maximum Gasteiger partial charge on any atom is 0.0948 e. The van der Waals surface area contributed by atoms with Crippen molar-refractivity contribution >= 4 is 0 Å². The summed E-state index contributed by atoms with van der Waals surface area (Å²) >= 11 is 0. The highest BCUT2D eigenvalue weighted by Gasteiger charge is 2.31. The summed E-state index contributed by atoms with van der Waals surface area (Å²) in [5.74, 6) is 0. The lowest BCUT2D eigenvalue weighted by Crippen LogP contribution is -2.39. The van der Waals surface area contributed by atoms with Crippen molar-refractivity contribution in [3.8, 4) is 0 Å². The molecule has 1 aliphatic rings. The van der Waals surface area contributed by atoms with E-state index in [0.29, 0.717) is 10.8 Å². The summed E-state index contributed by atoms with van der Waals surface area (Å²) < 4.78 is 2.37. The van der Waals surface area contributed by atoms with E-state index in [9.17, 15) is 0 Å². The molecule has 3 heteroatoms. The zero-order chi connectivity index (χ0) is 13.2. The Balaban J connectivity index is 2.11. The molecule has 0 saturated carbocycles. The molecule has 0 bridgehead atoms. The topological polar surface area (TPSA) is 29.9 Å². The van der Waals surface area contributed by atoms with Gasteiger partial charge in [0.15, 0.2) is 0 Å². The van der Waals surface area contributed by atoms with Gasteiger partial charge in [0, 0.05) is 23.9 Å². The average molecular weight is 249 g/mol. The van der Waals surface area contributed by atoms with Gasteiger partial charge in [0.05, 0.1) is 6.33 Å². The van der Waals surface area contributed by atoms with Crippen molar-refractivity contribution in [3.63, 3.8) is 0 Å². The van der Waals surface area contributed by atoms with Crippen LogP contribution in [0.15, 0.2) is 12.5 Å². The predicted molar refractivity (Wildman–Crippen MR) is 75.8 cm³/mol. The second-order valence-corrected chi connectivity index (χ2v) is 7.09. The minimum Gasteiger partial charge on any atom is -0.334 e. The zero-order valence-electron chi connectivity index (χ0n) is 12.3. The molecular weight excluding hydrogens is 222 g/mol. The molecule has 0 radical (unpaired) electrons. The van der Waals surface area contributed by atoms with Crippen LogP contribution in [0.1, 0.15) is 52.7 Å². The van der Waals surface area contributed by atoms with E-state index in [2.05, 4.69) is 48.8 Å². The fourth-order valence-corrected chi connectivity index (χ4v) is 2.69. The quantitative estimate of drug-likeness (QED) is 0.892. The fraction of sp³-hybridized carbons (Fsp3) is 0.800. The van der Waals surface area contributed by atoms with E-state index < -0.39 is 0 Å². The SMILES string of the molecule is CC(C)(C)CCn1cncc1C1(C)CCNCC1. The highest BCUT2D eigenvalue weighted by Crippen LogP contribution is 2.33. The van der Waals surface area contributed by atoms with Crippen LogP contribution in [0.4, 0.5) is 0 Å². The van der Waals surface area contributed by atoms with Gasteiger partial charge in [-0.25, -0.2) is 4.98 Å². The first-order valence-electron chi connectivity index (χ1n) is 7.12. The van der Waals surface area contributed by atoms with Crippen molar-refractivity contribution in [2.24, 2.45) is 5.41 Å². The number of imidazole rings is 1. The summed E-state index contributed by atoms with van der Waals surface area (Å²) in [7, 11) is 0. The summed E-state index contributed by atoms with van der Waals surface area (Å²) in [6, 6.07) is 0. The van der Waals surface area contributed by atoms with Crippen molar-refractivity contribution in [2.45, 2.75) is 58.9 Å². The number of rotatable bonds is 3. The fourth-order valence-electron chi connectivity index (χ4n) is 2.69. The number of hydrogen-bond acceptors (Lipinski definition) is 2. The predicted octanol–water partition coefficient (Wildman–Crippen LogP) is 2.96. The Morgan fingerprint density at radius 1 is 1.33 bits per heavy atom. The van der Waals surface area contributed by atoms with Crippen LogP contribution in [0.2, 0.25) is 0 Å². The number of nitrogens with one attached hydrogen (secondary N) is 1. The van der Waals surface area contributed by atoms with Crippen LogP contribution in [-0.4, -0.2) is 22.6 Å². The Bertz CT molecular complexity index is 381. The Kier molecular flexibility index (Phi) is 3.81. The van der Waals surface area contributed by atoms with E-state index in [1.165, 1.54) is 25.0 Å². The Hall–Kier alpha value is -0.830. The third-order valence-electron chi connectivity index (χ3n) is 4.14. The van der Waals surface area contributed by atoms with E-state index in [1.54, 1.807) is 0 Å². The molecule has 1 aromatic heterocycles. The van der Waals surface area contributed by atoms with Gasteiger partial charge in [0.1, 0.15) is 0 Å². The van der Waals surface area contributed by atoms with Gasteiger partial charge in [-0.1, -0.05) is 27.7 Å². The van der Waals surface area contributed by atoms with Gasteiger partial charge in [0.2, 0.25) is 0 Å². The maximum absolute atomic E-state index is 4.39. The number of aryl methyl sites for hydroxylation is 1. The van der Waals surface area contributed by atoms with Crippen molar-refractivity contribution < 1.29 is 0 Å². The second kappa shape index (κ2) is 5.04. The van der Waals surface area contributed by atoms with Crippen molar-refractivity contribution in [2.75, 3.05) is 13.1 Å². The summed E-state index contributed by atoms with van der Waals surface area (Å²) in [5, 5.41) is 3.45. The van der Waals surface area contributed by atoms with Crippen LogP contribution >= 0.6 is 0 Å². The first-order valence-corrected chi connectivity index (χ1v) is 7.12. The molecule has 102 valence electrons. The highest BCUT2D eigenvalue weighted by atomic mass is 15.1. The number of nitrogens with zero attached hydrogens (tertiary/aromatic N) is 2. The standard InChI is InChI=1S/C15H27N3/c1-14(2,3)7-10-18-12-17-11-13(18)15(4)5-8-16-9-6-15/h11-12,16H,5-10H2,1-4H3. The van der Waals surface area contributed by atoms with Gasteiger partial charge in [0.25, 0.3) is 0 Å². The van der Waals surface area contributed by atoms with E-state index in [-0.39, 0.29) is 0 Å². The van der Waals surface area contributed by atoms with Gasteiger partial charge < -0.3 is 9.88 Å². The molecule has 3 nitrogen and oxygen atoms in total. The largest absolute Gasteiger partial charge is 0.334 e. The van der Waals surface area contributed by atoms with Crippen molar-refractivity contribution in [3.05, 3.63) is 18.2 Å². The Morgan fingerprint density at radius 2 is 2.00 bits per heavy atom. The average Bonchev–Trinajstić information content (AvgIpc) is 2.75. The minimum absolute atomic E-state index is 0.305. The number of hydrogen-bond donors (Lipinski definition) is 1. The van der Waals surface area contributed by atoms with Crippen molar-refractivity contribution in [1.82, 2.24) is 14.9 Å². The molecule has 0 aliphatic carbocycles. The number of piperidine rings is 1. The lowest BCUT2D eigenvalue weighted by atomic mass is 9.78. The van der Waals surface area contributed by atoms with E-state index in [0.717, 1.165) is 19.6 Å². The highest BCUT2D eigenvalue weighted by molar-refractivity contribution is 5.15. The second-order valence-electron chi connectivity index (χ2n) is 7.09. The Morgan fingerprint density at radius 3 is 2.61 bits per heavy atom. The van der Waals surface area contributed by atoms with Gasteiger partial charge in [-0.2, -0.15) is 0 Å². The summed E-state index contributed by atoms with van der Waals surface area (Å²) in [5.41, 5.74) is 2.11. The van der Waals surface area contributed by atoms with Crippen LogP contribution in [-0.2, 0) is 12.0 Å². The van der Waals surface area contributed by atoms with Gasteiger partial charge in [-0.05, 0) is 37.8 Å². The van der Waals surface area contributed by atoms with Crippen molar-refractivity contribution in [1.29, 1.82) is 0 Å². The molecule has 0 atom stereocenters. The molecule has 18 heavy (non-hydrogen) atoms. The summed E-state index contributed by atoms with van der Waals surface area (Å²) in [6.45, 7) is 12.6. The van der Waals surface area contributed by atoms with Crippen LogP contribution in [0.3, 0.4) is 0 Å². The molecular formula is C15H27N3. The lowest BCUT2D eigenvalue weighted by Gasteiger charge is -2.35. The van der Waals surface area contributed by atoms with Crippen LogP contribution in [0, 0.1) is 5.41 Å². The molecule has 2 heterocycles. The van der Waals surface area contributed by atoms with E-state index in [1.807, 2.05) is 6.33 Å². The van der Waals surface area contributed by atoms with Crippen LogP contribution in [0.25, 0.3) is 0 Å². The lowest BCUT2D eigenvalue weighted by molar-refractivity contribution is 0.301. The maximum atomic E-state index is 4.39. The molecule has 1 aliphatic heterocycles. The third-order valence-corrected chi connectivity index (χ3v) is 4.14. The first kappa shape index (κ1) is 13.6. The minimum atomic E-state index is 0.305. The molecule has 1 aromatic rings. The molecule has 1 N–H and O–H groups in total. The zero-order valence-corrected chi connectivity index (χ0v) is 12.3. The first-order chi connectivity index (χ1) is 8.41. The molecule has 0 aromatic carbocycles. The normalized spacial score (nSPS) is 20.0. The molecule has 2 rings (SSSR count). The van der Waals surface area contributed by atoms with Gasteiger partial charge in [-0.15, -0.1) is 0 Å². The molecule has 1 saturated heterocycles. The molecule has 0 spiro atoms. The van der Waals surface area contributed by atoms with E-state index in [4.69, 9.17) is 0 Å². The van der Waals surface area contributed by atoms with Gasteiger partial charge in [-0.3, -0.25) is 0 Å². The van der Waals surface area contributed by atoms with Crippen LogP contribution < -0.4 is 5.32 Å².